The largest absolute Gasteiger partial charge is 0.274 e. The van der Waals surface area contributed by atoms with E-state index in [0.717, 1.165) is 5.56 Å². The molecule has 3 aromatic rings. The molecule has 1 heterocycles. The van der Waals surface area contributed by atoms with Gasteiger partial charge in [-0.1, -0.05) is 48.5 Å². The molecule has 0 bridgehead atoms. The summed E-state index contributed by atoms with van der Waals surface area (Å²) in [5, 5.41) is 7.73. The molecule has 0 aliphatic carbocycles. The Kier molecular flexibility index (Phi) is 5.27. The molecule has 3 rings (SSSR count). The number of rotatable bonds is 5. The van der Waals surface area contributed by atoms with Gasteiger partial charge in [0, 0.05) is 5.56 Å². The number of hydrogen-bond acceptors (Lipinski definition) is 6. The Morgan fingerprint density at radius 2 is 1.59 bits per heavy atom. The van der Waals surface area contributed by atoms with Gasteiger partial charge in [0.15, 0.2) is 5.82 Å². The number of amides is 1. The zero-order valence-electron chi connectivity index (χ0n) is 14.9. The van der Waals surface area contributed by atoms with E-state index in [1.807, 2.05) is 30.3 Å². The summed E-state index contributed by atoms with van der Waals surface area (Å²) < 4.78 is 27.6. The molecule has 7 nitrogen and oxygen atoms in total. The molecule has 0 saturated carbocycles. The average Bonchev–Trinajstić information content (AvgIpc) is 2.65. The van der Waals surface area contributed by atoms with Crippen LogP contribution in [0.1, 0.15) is 17.2 Å². The van der Waals surface area contributed by atoms with Crippen molar-refractivity contribution in [3.05, 3.63) is 71.8 Å². The first kappa shape index (κ1) is 18.7. The minimum absolute atomic E-state index is 0.0312. The van der Waals surface area contributed by atoms with Crippen LogP contribution < -0.4 is 4.72 Å². The fourth-order valence-corrected chi connectivity index (χ4v) is 3.73. The second-order valence-electron chi connectivity index (χ2n) is 5.97. The molecule has 1 amide bonds. The fraction of sp³-hybridized carbons (Fsp3) is 0.158. The highest BCUT2D eigenvalue weighted by atomic mass is 32.2. The molecule has 0 saturated heterocycles. The lowest BCUT2D eigenvalue weighted by molar-refractivity contribution is -0.118. The molecular formula is C19H18N4O3S. The van der Waals surface area contributed by atoms with E-state index in [1.165, 1.54) is 6.07 Å². The maximum Gasteiger partial charge on any atom is 0.264 e. The van der Waals surface area contributed by atoms with Crippen molar-refractivity contribution in [1.29, 1.82) is 0 Å². The minimum atomic E-state index is -4.05. The molecule has 0 spiro atoms. The summed E-state index contributed by atoms with van der Waals surface area (Å²) in [5.74, 6) is -0.551. The molecule has 8 heteroatoms. The van der Waals surface area contributed by atoms with Crippen LogP contribution in [-0.2, 0) is 21.2 Å². The summed E-state index contributed by atoms with van der Waals surface area (Å²) in [6.45, 7) is 3.50. The van der Waals surface area contributed by atoms with Gasteiger partial charge in [-0.15, -0.1) is 5.10 Å². The van der Waals surface area contributed by atoms with E-state index in [1.54, 1.807) is 32.0 Å². The van der Waals surface area contributed by atoms with Crippen molar-refractivity contribution in [2.75, 3.05) is 0 Å². The molecule has 0 radical (unpaired) electrons. The minimum Gasteiger partial charge on any atom is -0.274 e. The van der Waals surface area contributed by atoms with Crippen LogP contribution >= 0.6 is 0 Å². The van der Waals surface area contributed by atoms with Crippen molar-refractivity contribution in [2.45, 2.75) is 25.2 Å². The molecule has 2 aromatic carbocycles. The number of aromatic nitrogens is 3. The zero-order valence-corrected chi connectivity index (χ0v) is 15.7. The first-order valence-electron chi connectivity index (χ1n) is 8.24. The number of sulfonamides is 1. The topological polar surface area (TPSA) is 102 Å². The van der Waals surface area contributed by atoms with E-state index in [4.69, 9.17) is 0 Å². The zero-order chi connectivity index (χ0) is 19.4. The van der Waals surface area contributed by atoms with Crippen molar-refractivity contribution < 1.29 is 13.2 Å². The fourth-order valence-electron chi connectivity index (χ4n) is 2.52. The van der Waals surface area contributed by atoms with Crippen LogP contribution in [0.3, 0.4) is 0 Å². The molecule has 138 valence electrons. The van der Waals surface area contributed by atoms with Crippen LogP contribution in [0.4, 0.5) is 0 Å². The second-order valence-corrected chi connectivity index (χ2v) is 7.62. The van der Waals surface area contributed by atoms with Gasteiger partial charge in [-0.25, -0.2) is 18.1 Å². The molecule has 0 aliphatic heterocycles. The molecule has 0 aliphatic rings. The Balaban J connectivity index is 1.85. The molecule has 0 atom stereocenters. The average molecular weight is 382 g/mol. The van der Waals surface area contributed by atoms with Gasteiger partial charge in [0.25, 0.3) is 10.0 Å². The maximum atomic E-state index is 12.8. The van der Waals surface area contributed by atoms with Gasteiger partial charge in [0.05, 0.1) is 22.7 Å². The van der Waals surface area contributed by atoms with E-state index in [2.05, 4.69) is 19.9 Å². The van der Waals surface area contributed by atoms with Crippen LogP contribution in [0.5, 0.6) is 0 Å². The Morgan fingerprint density at radius 3 is 2.30 bits per heavy atom. The molecule has 1 N–H and O–H groups in total. The molecule has 0 fully saturated rings. The van der Waals surface area contributed by atoms with Gasteiger partial charge in [0.2, 0.25) is 5.91 Å². The molecule has 0 unspecified atom stereocenters. The standard InChI is InChI=1S/C19H18N4O3S/c1-13-14(2)21-22-18(20-13)12-19(24)23-27(25,26)17-11-7-6-10-16(17)15-8-4-3-5-9-15/h3-11H,12H2,1-2H3,(H,23,24). The quantitative estimate of drug-likeness (QED) is 0.726. The summed E-state index contributed by atoms with van der Waals surface area (Å²) in [5.41, 5.74) is 2.56. The summed E-state index contributed by atoms with van der Waals surface area (Å²) in [6, 6.07) is 15.6. The van der Waals surface area contributed by atoms with E-state index in [-0.39, 0.29) is 17.1 Å². The van der Waals surface area contributed by atoms with Gasteiger partial charge in [-0.3, -0.25) is 4.79 Å². The third-order valence-corrected chi connectivity index (χ3v) is 5.40. The van der Waals surface area contributed by atoms with E-state index >= 15 is 0 Å². The number of aryl methyl sites for hydroxylation is 2. The smallest absolute Gasteiger partial charge is 0.264 e. The predicted molar refractivity (Wildman–Crippen MR) is 100 cm³/mol. The van der Waals surface area contributed by atoms with Gasteiger partial charge < -0.3 is 0 Å². The van der Waals surface area contributed by atoms with Crippen LogP contribution in [0, 0.1) is 13.8 Å². The van der Waals surface area contributed by atoms with Crippen LogP contribution in [0.25, 0.3) is 11.1 Å². The van der Waals surface area contributed by atoms with Gasteiger partial charge in [0.1, 0.15) is 0 Å². The highest BCUT2D eigenvalue weighted by molar-refractivity contribution is 7.90. The van der Waals surface area contributed by atoms with Gasteiger partial charge >= 0.3 is 0 Å². The number of carbonyl (C=O) groups is 1. The van der Waals surface area contributed by atoms with Gasteiger partial charge in [-0.05, 0) is 25.5 Å². The highest BCUT2D eigenvalue weighted by Crippen LogP contribution is 2.26. The van der Waals surface area contributed by atoms with E-state index in [0.29, 0.717) is 17.0 Å². The summed E-state index contributed by atoms with van der Waals surface area (Å²) in [6.07, 6.45) is -0.277. The first-order valence-corrected chi connectivity index (χ1v) is 9.72. The highest BCUT2D eigenvalue weighted by Gasteiger charge is 2.22. The normalized spacial score (nSPS) is 11.2. The Morgan fingerprint density at radius 1 is 0.926 bits per heavy atom. The number of benzene rings is 2. The molecular weight excluding hydrogens is 364 g/mol. The second kappa shape index (κ2) is 7.63. The number of hydrogen-bond donors (Lipinski definition) is 1. The Bertz CT molecular complexity index is 1080. The van der Waals surface area contributed by atoms with E-state index in [9.17, 15) is 13.2 Å². The summed E-state index contributed by atoms with van der Waals surface area (Å²) >= 11 is 0. The molecule has 27 heavy (non-hydrogen) atoms. The molecule has 1 aromatic heterocycles. The SMILES string of the molecule is Cc1nnc(CC(=O)NS(=O)(=O)c2ccccc2-c2ccccc2)nc1C. The lowest BCUT2D eigenvalue weighted by atomic mass is 10.1. The third kappa shape index (κ3) is 4.35. The van der Waals surface area contributed by atoms with Crippen LogP contribution in [0.2, 0.25) is 0 Å². The van der Waals surface area contributed by atoms with E-state index < -0.39 is 15.9 Å². The van der Waals surface area contributed by atoms with Crippen LogP contribution in [0.15, 0.2) is 59.5 Å². The lowest BCUT2D eigenvalue weighted by Crippen LogP contribution is -2.32. The van der Waals surface area contributed by atoms with Crippen molar-refractivity contribution in [3.63, 3.8) is 0 Å². The third-order valence-electron chi connectivity index (χ3n) is 3.96. The number of nitrogens with zero attached hydrogens (tertiary/aromatic N) is 3. The Hall–Kier alpha value is -3.13. The monoisotopic (exact) mass is 382 g/mol. The lowest BCUT2D eigenvalue weighted by Gasteiger charge is -2.11. The van der Waals surface area contributed by atoms with Crippen molar-refractivity contribution in [2.24, 2.45) is 0 Å². The van der Waals surface area contributed by atoms with Gasteiger partial charge in [-0.2, -0.15) is 5.10 Å². The Labute approximate surface area is 157 Å². The first-order chi connectivity index (χ1) is 12.9. The predicted octanol–water partition coefficient (Wildman–Crippen LogP) is 2.20. The van der Waals surface area contributed by atoms with Crippen molar-refractivity contribution >= 4 is 15.9 Å². The number of nitrogens with one attached hydrogen (secondary N) is 1. The number of carbonyl (C=O) groups excluding carboxylic acids is 1. The van der Waals surface area contributed by atoms with Crippen LogP contribution in [-0.4, -0.2) is 29.5 Å². The van der Waals surface area contributed by atoms with Crippen molar-refractivity contribution in [3.8, 4) is 11.1 Å². The summed E-state index contributed by atoms with van der Waals surface area (Å²) in [7, 11) is -4.05. The summed E-state index contributed by atoms with van der Waals surface area (Å²) in [4.78, 5) is 16.4. The van der Waals surface area contributed by atoms with Crippen molar-refractivity contribution in [1.82, 2.24) is 19.9 Å². The maximum absolute atomic E-state index is 12.8.